The molecule has 2 aliphatic rings. The first-order chi connectivity index (χ1) is 6.22. The van der Waals surface area contributed by atoms with E-state index in [2.05, 4.69) is 53.6 Å². The summed E-state index contributed by atoms with van der Waals surface area (Å²) in [5.74, 6) is 0. The van der Waals surface area contributed by atoms with Gasteiger partial charge in [-0.25, -0.2) is 0 Å². The lowest BCUT2D eigenvalue weighted by Crippen LogP contribution is -2.35. The van der Waals surface area contributed by atoms with E-state index in [0.29, 0.717) is 6.17 Å². The van der Waals surface area contributed by atoms with Crippen LogP contribution < -0.4 is 5.32 Å². The highest BCUT2D eigenvalue weighted by molar-refractivity contribution is 5.28. The summed E-state index contributed by atoms with van der Waals surface area (Å²) in [7, 11) is 4.06. The van der Waals surface area contributed by atoms with Crippen molar-refractivity contribution < 1.29 is 0 Å². The lowest BCUT2D eigenvalue weighted by atomic mass is 10.2. The zero-order valence-electron chi connectivity index (χ0n) is 8.28. The molecule has 0 bridgehead atoms. The molecule has 0 saturated heterocycles. The van der Waals surface area contributed by atoms with Crippen LogP contribution >= 0.6 is 0 Å². The molecule has 0 fully saturated rings. The zero-order valence-corrected chi connectivity index (χ0v) is 8.28. The van der Waals surface area contributed by atoms with Gasteiger partial charge in [-0.05, 0) is 19.1 Å². The van der Waals surface area contributed by atoms with E-state index in [1.54, 1.807) is 0 Å². The average molecular weight is 177 g/mol. The van der Waals surface area contributed by atoms with Crippen LogP contribution in [0.15, 0.2) is 35.9 Å². The van der Waals surface area contributed by atoms with Gasteiger partial charge in [-0.2, -0.15) is 0 Å². The van der Waals surface area contributed by atoms with Crippen LogP contribution in [0.2, 0.25) is 0 Å². The van der Waals surface area contributed by atoms with Crippen molar-refractivity contribution in [1.29, 1.82) is 0 Å². The van der Waals surface area contributed by atoms with Crippen LogP contribution in [0.1, 0.15) is 6.92 Å². The lowest BCUT2D eigenvalue weighted by molar-refractivity contribution is 0.262. The Labute approximate surface area is 79.0 Å². The fourth-order valence-corrected chi connectivity index (χ4v) is 1.67. The van der Waals surface area contributed by atoms with Gasteiger partial charge in [0.1, 0.15) is 6.17 Å². The molecule has 0 aromatic carbocycles. The summed E-state index contributed by atoms with van der Waals surface area (Å²) < 4.78 is 0. The van der Waals surface area contributed by atoms with E-state index in [9.17, 15) is 0 Å². The third-order valence-electron chi connectivity index (χ3n) is 2.64. The molecule has 0 amide bonds. The molecule has 2 aliphatic heterocycles. The Bertz CT molecular complexity index is 301. The topological polar surface area (TPSA) is 18.5 Å². The number of hydrogen-bond acceptors (Lipinski definition) is 3. The van der Waals surface area contributed by atoms with Crippen molar-refractivity contribution in [2.24, 2.45) is 0 Å². The Morgan fingerprint density at radius 2 is 2.23 bits per heavy atom. The number of allylic oxidation sites excluding steroid dienone is 2. The van der Waals surface area contributed by atoms with Crippen LogP contribution in [-0.4, -0.2) is 30.1 Å². The van der Waals surface area contributed by atoms with Gasteiger partial charge in [-0.15, -0.1) is 0 Å². The van der Waals surface area contributed by atoms with Crippen LogP contribution in [0.25, 0.3) is 0 Å². The van der Waals surface area contributed by atoms with E-state index < -0.39 is 0 Å². The molecule has 13 heavy (non-hydrogen) atoms. The third kappa shape index (κ3) is 1.20. The molecule has 2 heterocycles. The molecule has 1 atom stereocenters. The second kappa shape index (κ2) is 2.83. The van der Waals surface area contributed by atoms with E-state index in [1.807, 2.05) is 7.05 Å². The number of likely N-dealkylation sites (N-methyl/N-ethyl adjacent to an activating group) is 2. The number of hydrogen-bond donors (Lipinski definition) is 1. The predicted octanol–water partition coefficient (Wildman–Crippen LogP) is 1.05. The third-order valence-corrected chi connectivity index (χ3v) is 2.64. The molecule has 2 rings (SSSR count). The van der Waals surface area contributed by atoms with Crippen molar-refractivity contribution >= 4 is 0 Å². The molecule has 0 saturated carbocycles. The fourth-order valence-electron chi connectivity index (χ4n) is 1.67. The molecule has 0 aromatic heterocycles. The summed E-state index contributed by atoms with van der Waals surface area (Å²) in [5, 5.41) is 3.15. The van der Waals surface area contributed by atoms with Crippen molar-refractivity contribution in [2.45, 2.75) is 13.1 Å². The van der Waals surface area contributed by atoms with E-state index in [0.717, 1.165) is 0 Å². The van der Waals surface area contributed by atoms with Crippen LogP contribution in [-0.2, 0) is 0 Å². The standard InChI is InChI=1S/C10H15N3/c1-8-7-13-5-4-9(11-2)6-10(13)12(8)3/h4-7,10-11H,1-3H3. The Morgan fingerprint density at radius 3 is 2.92 bits per heavy atom. The van der Waals surface area contributed by atoms with Crippen LogP contribution in [0.4, 0.5) is 0 Å². The quantitative estimate of drug-likeness (QED) is 0.646. The average Bonchev–Trinajstić information content (AvgIpc) is 2.43. The first-order valence-electron chi connectivity index (χ1n) is 4.49. The highest BCUT2D eigenvalue weighted by Gasteiger charge is 2.25. The van der Waals surface area contributed by atoms with Gasteiger partial charge in [-0.3, -0.25) is 0 Å². The van der Waals surface area contributed by atoms with Gasteiger partial charge in [0.2, 0.25) is 0 Å². The largest absolute Gasteiger partial charge is 0.388 e. The van der Waals surface area contributed by atoms with Crippen LogP contribution in [0.3, 0.4) is 0 Å². The van der Waals surface area contributed by atoms with Crippen molar-refractivity contribution in [3.8, 4) is 0 Å². The van der Waals surface area contributed by atoms with Crippen LogP contribution in [0.5, 0.6) is 0 Å². The molecule has 70 valence electrons. The minimum atomic E-state index is 0.354. The number of nitrogens with one attached hydrogen (secondary N) is 1. The summed E-state index contributed by atoms with van der Waals surface area (Å²) in [4.78, 5) is 4.46. The molecule has 0 aliphatic carbocycles. The van der Waals surface area contributed by atoms with Crippen molar-refractivity contribution in [2.75, 3.05) is 14.1 Å². The molecule has 0 radical (unpaired) electrons. The maximum atomic E-state index is 3.15. The fraction of sp³-hybridized carbons (Fsp3) is 0.400. The molecule has 3 nitrogen and oxygen atoms in total. The Kier molecular flexibility index (Phi) is 1.79. The summed E-state index contributed by atoms with van der Waals surface area (Å²) >= 11 is 0. The summed E-state index contributed by atoms with van der Waals surface area (Å²) in [6.07, 6.45) is 8.91. The van der Waals surface area contributed by atoms with Crippen molar-refractivity contribution in [1.82, 2.24) is 15.1 Å². The molecule has 0 spiro atoms. The minimum absolute atomic E-state index is 0.354. The second-order valence-corrected chi connectivity index (χ2v) is 3.43. The van der Waals surface area contributed by atoms with E-state index in [4.69, 9.17) is 0 Å². The maximum absolute atomic E-state index is 3.15. The van der Waals surface area contributed by atoms with Gasteiger partial charge in [0.05, 0.1) is 0 Å². The van der Waals surface area contributed by atoms with Gasteiger partial charge in [0.25, 0.3) is 0 Å². The number of nitrogens with zero attached hydrogens (tertiary/aromatic N) is 2. The summed E-state index contributed by atoms with van der Waals surface area (Å²) in [6.45, 7) is 2.12. The zero-order chi connectivity index (χ0) is 9.42. The van der Waals surface area contributed by atoms with Crippen molar-refractivity contribution in [3.63, 3.8) is 0 Å². The Hall–Kier alpha value is -1.38. The van der Waals surface area contributed by atoms with Gasteiger partial charge in [-0.1, -0.05) is 0 Å². The smallest absolute Gasteiger partial charge is 0.126 e. The molecular weight excluding hydrogens is 162 g/mol. The molecule has 3 heteroatoms. The first kappa shape index (κ1) is 8.23. The monoisotopic (exact) mass is 177 g/mol. The summed E-state index contributed by atoms with van der Waals surface area (Å²) in [6, 6.07) is 0. The highest BCUT2D eigenvalue weighted by Crippen LogP contribution is 2.25. The van der Waals surface area contributed by atoms with E-state index in [1.165, 1.54) is 11.4 Å². The molecular formula is C10H15N3. The van der Waals surface area contributed by atoms with Gasteiger partial charge >= 0.3 is 0 Å². The van der Waals surface area contributed by atoms with E-state index in [-0.39, 0.29) is 0 Å². The van der Waals surface area contributed by atoms with Gasteiger partial charge in [0, 0.05) is 37.9 Å². The van der Waals surface area contributed by atoms with Crippen LogP contribution in [0, 0.1) is 0 Å². The second-order valence-electron chi connectivity index (χ2n) is 3.43. The maximum Gasteiger partial charge on any atom is 0.126 e. The van der Waals surface area contributed by atoms with Crippen molar-refractivity contribution in [3.05, 3.63) is 35.9 Å². The number of fused-ring (bicyclic) bond motifs is 1. The number of rotatable bonds is 1. The van der Waals surface area contributed by atoms with Gasteiger partial charge < -0.3 is 15.1 Å². The molecule has 1 unspecified atom stereocenters. The highest BCUT2D eigenvalue weighted by atomic mass is 15.4. The van der Waals surface area contributed by atoms with Gasteiger partial charge in [0.15, 0.2) is 0 Å². The Balaban J connectivity index is 2.25. The molecule has 1 N–H and O–H groups in total. The first-order valence-corrected chi connectivity index (χ1v) is 4.49. The molecule has 0 aromatic rings. The lowest BCUT2D eigenvalue weighted by Gasteiger charge is -2.29. The SMILES string of the molecule is CNC1=CC2N(C=C1)C=C(C)N2C. The predicted molar refractivity (Wildman–Crippen MR) is 53.4 cm³/mol. The minimum Gasteiger partial charge on any atom is -0.388 e. The Morgan fingerprint density at radius 1 is 1.46 bits per heavy atom. The normalized spacial score (nSPS) is 25.6. The van der Waals surface area contributed by atoms with E-state index >= 15 is 0 Å². The summed E-state index contributed by atoms with van der Waals surface area (Å²) in [5.41, 5.74) is 2.47.